The summed E-state index contributed by atoms with van der Waals surface area (Å²) in [6, 6.07) is 3.20. The standard InChI is InChI=1S/C9H8N2O2S/c1-5-4-14-9-6(5)2-3-7(8(9)10)11(12)13/h2-4H,10H2,1H3. The highest BCUT2D eigenvalue weighted by Crippen LogP contribution is 2.35. The number of fused-ring (bicyclic) bond motifs is 1. The number of nitro benzene ring substituents is 1. The Kier molecular flexibility index (Phi) is 1.89. The minimum absolute atomic E-state index is 0.0145. The van der Waals surface area contributed by atoms with Crippen molar-refractivity contribution in [2.75, 3.05) is 5.73 Å². The Morgan fingerprint density at radius 1 is 1.50 bits per heavy atom. The van der Waals surface area contributed by atoms with Crippen molar-refractivity contribution in [2.24, 2.45) is 0 Å². The minimum atomic E-state index is -0.455. The molecule has 2 rings (SSSR count). The van der Waals surface area contributed by atoms with Crippen LogP contribution in [0.25, 0.3) is 10.1 Å². The molecule has 1 heterocycles. The van der Waals surface area contributed by atoms with Crippen molar-refractivity contribution < 1.29 is 4.92 Å². The number of nitrogens with zero attached hydrogens (tertiary/aromatic N) is 1. The van der Waals surface area contributed by atoms with Gasteiger partial charge in [0.15, 0.2) is 0 Å². The maximum absolute atomic E-state index is 10.6. The number of benzene rings is 1. The predicted octanol–water partition coefficient (Wildman–Crippen LogP) is 2.70. The van der Waals surface area contributed by atoms with Gasteiger partial charge >= 0.3 is 0 Å². The van der Waals surface area contributed by atoms with Crippen molar-refractivity contribution >= 4 is 32.8 Å². The Bertz CT molecular complexity index is 519. The van der Waals surface area contributed by atoms with Crippen molar-refractivity contribution in [3.8, 4) is 0 Å². The molecule has 2 N–H and O–H groups in total. The molecule has 0 aliphatic heterocycles. The first-order valence-corrected chi connectivity index (χ1v) is 4.90. The summed E-state index contributed by atoms with van der Waals surface area (Å²) in [6.45, 7) is 1.96. The van der Waals surface area contributed by atoms with Gasteiger partial charge in [0.2, 0.25) is 0 Å². The number of nitrogens with two attached hydrogens (primary N) is 1. The summed E-state index contributed by atoms with van der Waals surface area (Å²) in [4.78, 5) is 10.1. The van der Waals surface area contributed by atoms with Gasteiger partial charge in [-0.2, -0.15) is 0 Å². The number of hydrogen-bond acceptors (Lipinski definition) is 4. The molecule has 1 aromatic carbocycles. The quantitative estimate of drug-likeness (QED) is 0.445. The highest BCUT2D eigenvalue weighted by molar-refractivity contribution is 7.18. The van der Waals surface area contributed by atoms with E-state index in [4.69, 9.17) is 5.73 Å². The summed E-state index contributed by atoms with van der Waals surface area (Å²) < 4.78 is 0.803. The number of thiophene rings is 1. The van der Waals surface area contributed by atoms with Gasteiger partial charge in [-0.3, -0.25) is 10.1 Å². The second-order valence-electron chi connectivity index (χ2n) is 3.05. The summed E-state index contributed by atoms with van der Waals surface area (Å²) in [6.07, 6.45) is 0. The second-order valence-corrected chi connectivity index (χ2v) is 3.93. The smallest absolute Gasteiger partial charge is 0.293 e. The first kappa shape index (κ1) is 8.96. The lowest BCUT2D eigenvalue weighted by atomic mass is 10.1. The average molecular weight is 208 g/mol. The zero-order chi connectivity index (χ0) is 10.3. The van der Waals surface area contributed by atoms with Crippen molar-refractivity contribution in [3.05, 3.63) is 33.2 Å². The molecule has 72 valence electrons. The number of nitro groups is 1. The lowest BCUT2D eigenvalue weighted by Gasteiger charge is -1.98. The van der Waals surface area contributed by atoms with Crippen LogP contribution in [-0.2, 0) is 0 Å². The van der Waals surface area contributed by atoms with E-state index in [0.717, 1.165) is 15.6 Å². The molecule has 0 bridgehead atoms. The zero-order valence-electron chi connectivity index (χ0n) is 7.48. The topological polar surface area (TPSA) is 69.2 Å². The fourth-order valence-corrected chi connectivity index (χ4v) is 2.41. The van der Waals surface area contributed by atoms with Crippen LogP contribution in [0.2, 0.25) is 0 Å². The van der Waals surface area contributed by atoms with E-state index in [0.29, 0.717) is 0 Å². The lowest BCUT2D eigenvalue weighted by molar-refractivity contribution is -0.383. The van der Waals surface area contributed by atoms with Crippen molar-refractivity contribution in [1.82, 2.24) is 0 Å². The molecule has 0 radical (unpaired) electrons. The summed E-state index contributed by atoms with van der Waals surface area (Å²) >= 11 is 1.44. The fraction of sp³-hybridized carbons (Fsp3) is 0.111. The van der Waals surface area contributed by atoms with Crippen LogP contribution in [0.3, 0.4) is 0 Å². The average Bonchev–Trinajstić information content (AvgIpc) is 2.49. The van der Waals surface area contributed by atoms with E-state index in [1.807, 2.05) is 12.3 Å². The number of nitrogen functional groups attached to an aromatic ring is 1. The summed E-state index contributed by atoms with van der Waals surface area (Å²) in [5.41, 5.74) is 7.06. The Morgan fingerprint density at radius 3 is 2.86 bits per heavy atom. The Hall–Kier alpha value is -1.62. The molecule has 0 aliphatic rings. The first-order chi connectivity index (χ1) is 6.61. The van der Waals surface area contributed by atoms with E-state index < -0.39 is 4.92 Å². The Balaban J connectivity index is 2.82. The first-order valence-electron chi connectivity index (χ1n) is 4.02. The monoisotopic (exact) mass is 208 g/mol. The van der Waals surface area contributed by atoms with E-state index >= 15 is 0 Å². The third-order valence-corrected chi connectivity index (χ3v) is 3.30. The molecular formula is C9H8N2O2S. The Labute approximate surface area is 84.1 Å². The van der Waals surface area contributed by atoms with Crippen LogP contribution in [0, 0.1) is 17.0 Å². The molecule has 1 aromatic heterocycles. The molecule has 0 amide bonds. The fourth-order valence-electron chi connectivity index (χ4n) is 1.40. The summed E-state index contributed by atoms with van der Waals surface area (Å²) in [5, 5.41) is 13.5. The van der Waals surface area contributed by atoms with E-state index in [-0.39, 0.29) is 11.4 Å². The van der Waals surface area contributed by atoms with Crippen LogP contribution in [-0.4, -0.2) is 4.92 Å². The van der Waals surface area contributed by atoms with Crippen LogP contribution in [0.5, 0.6) is 0 Å². The van der Waals surface area contributed by atoms with Gasteiger partial charge in [0.25, 0.3) is 5.69 Å². The highest BCUT2D eigenvalue weighted by atomic mass is 32.1. The molecule has 0 spiro atoms. The van der Waals surface area contributed by atoms with Gasteiger partial charge in [-0.05, 0) is 29.3 Å². The van der Waals surface area contributed by atoms with Crippen LogP contribution >= 0.6 is 11.3 Å². The van der Waals surface area contributed by atoms with E-state index in [2.05, 4.69) is 0 Å². The van der Waals surface area contributed by atoms with E-state index in [1.165, 1.54) is 17.4 Å². The predicted molar refractivity (Wildman–Crippen MR) is 57.6 cm³/mol. The molecule has 0 unspecified atom stereocenters. The van der Waals surface area contributed by atoms with Crippen LogP contribution < -0.4 is 5.73 Å². The largest absolute Gasteiger partial charge is 0.392 e. The summed E-state index contributed by atoms with van der Waals surface area (Å²) in [5.74, 6) is 0. The normalized spacial score (nSPS) is 10.6. The maximum atomic E-state index is 10.6. The van der Waals surface area contributed by atoms with Gasteiger partial charge in [-0.15, -0.1) is 11.3 Å². The molecule has 0 fully saturated rings. The van der Waals surface area contributed by atoms with Crippen molar-refractivity contribution in [1.29, 1.82) is 0 Å². The molecular weight excluding hydrogens is 200 g/mol. The number of hydrogen-bond donors (Lipinski definition) is 1. The molecule has 0 atom stereocenters. The number of rotatable bonds is 1. The SMILES string of the molecule is Cc1csc2c(N)c([N+](=O)[O-])ccc12. The van der Waals surface area contributed by atoms with Gasteiger partial charge in [-0.1, -0.05) is 0 Å². The van der Waals surface area contributed by atoms with Gasteiger partial charge in [0, 0.05) is 6.07 Å². The molecule has 2 aromatic rings. The molecule has 0 saturated carbocycles. The van der Waals surface area contributed by atoms with Crippen molar-refractivity contribution in [3.63, 3.8) is 0 Å². The van der Waals surface area contributed by atoms with Gasteiger partial charge in [-0.25, -0.2) is 0 Å². The van der Waals surface area contributed by atoms with Gasteiger partial charge < -0.3 is 5.73 Å². The van der Waals surface area contributed by atoms with Crippen LogP contribution in [0.4, 0.5) is 11.4 Å². The van der Waals surface area contributed by atoms with Gasteiger partial charge in [0.1, 0.15) is 5.69 Å². The second kappa shape index (κ2) is 2.95. The summed E-state index contributed by atoms with van der Waals surface area (Å²) in [7, 11) is 0. The van der Waals surface area contributed by atoms with E-state index in [1.54, 1.807) is 6.07 Å². The molecule has 0 saturated heterocycles. The van der Waals surface area contributed by atoms with Crippen LogP contribution in [0.15, 0.2) is 17.5 Å². The zero-order valence-corrected chi connectivity index (χ0v) is 8.30. The lowest BCUT2D eigenvalue weighted by Crippen LogP contribution is -1.95. The molecule has 5 heteroatoms. The number of aryl methyl sites for hydroxylation is 1. The third kappa shape index (κ3) is 1.13. The van der Waals surface area contributed by atoms with Crippen LogP contribution in [0.1, 0.15) is 5.56 Å². The molecule has 0 aliphatic carbocycles. The van der Waals surface area contributed by atoms with Crippen molar-refractivity contribution in [2.45, 2.75) is 6.92 Å². The van der Waals surface area contributed by atoms with Gasteiger partial charge in [0.05, 0.1) is 9.62 Å². The minimum Gasteiger partial charge on any atom is -0.392 e. The maximum Gasteiger partial charge on any atom is 0.293 e. The molecule has 14 heavy (non-hydrogen) atoms. The number of anilines is 1. The highest BCUT2D eigenvalue weighted by Gasteiger charge is 2.15. The third-order valence-electron chi connectivity index (χ3n) is 2.15. The van der Waals surface area contributed by atoms with E-state index in [9.17, 15) is 10.1 Å². The molecule has 4 nitrogen and oxygen atoms in total. The Morgan fingerprint density at radius 2 is 2.21 bits per heavy atom.